The first-order valence-electron chi connectivity index (χ1n) is 29.1. The van der Waals surface area contributed by atoms with E-state index < -0.39 is 11.7 Å². The van der Waals surface area contributed by atoms with E-state index in [1.807, 2.05) is 74.5 Å². The van der Waals surface area contributed by atoms with E-state index >= 15 is 4.39 Å². The van der Waals surface area contributed by atoms with E-state index in [2.05, 4.69) is 57.3 Å². The summed E-state index contributed by atoms with van der Waals surface area (Å²) in [6, 6.07) is 20.5. The summed E-state index contributed by atoms with van der Waals surface area (Å²) >= 11 is 1.64. The van der Waals surface area contributed by atoms with Gasteiger partial charge in [-0.05, 0) is 136 Å². The van der Waals surface area contributed by atoms with Gasteiger partial charge in [-0.15, -0.1) is 11.3 Å². The van der Waals surface area contributed by atoms with Crippen molar-refractivity contribution in [1.29, 1.82) is 0 Å². The number of thiazole rings is 1. The van der Waals surface area contributed by atoms with Gasteiger partial charge in [0.25, 0.3) is 5.88 Å². The molecule has 5 atom stereocenters. The van der Waals surface area contributed by atoms with Gasteiger partial charge in [0.1, 0.15) is 41.9 Å². The Morgan fingerprint density at radius 2 is 1.73 bits per heavy atom. The molecule has 4 aromatic heterocycles. The van der Waals surface area contributed by atoms with Crippen LogP contribution < -0.4 is 24.4 Å². The quantitative estimate of drug-likeness (QED) is 0.0574. The van der Waals surface area contributed by atoms with Crippen molar-refractivity contribution in [3.8, 4) is 39.3 Å². The first-order valence-corrected chi connectivity index (χ1v) is 30.0. The summed E-state index contributed by atoms with van der Waals surface area (Å²) in [4.78, 5) is 50.9. The first kappa shape index (κ1) is 59.8. The molecule has 11 rings (SSSR count). The van der Waals surface area contributed by atoms with E-state index in [-0.39, 0.29) is 59.5 Å². The Hall–Kier alpha value is -6.80. The molecule has 0 saturated carbocycles. The number of methoxy groups -OCH3 is 1. The lowest BCUT2D eigenvalue weighted by Gasteiger charge is -2.34. The van der Waals surface area contributed by atoms with Gasteiger partial charge in [0, 0.05) is 63.8 Å². The van der Waals surface area contributed by atoms with Crippen molar-refractivity contribution in [3.63, 3.8) is 0 Å². The minimum Gasteiger partial charge on any atom is -0.474 e. The Kier molecular flexibility index (Phi) is 20.1. The number of hydrogen-bond acceptors (Lipinski definition) is 16. The first-order chi connectivity index (χ1) is 39.9. The number of aryl methyl sites for hydroxylation is 2. The molecule has 2 N–H and O–H groups in total. The van der Waals surface area contributed by atoms with Crippen molar-refractivity contribution in [2.75, 3.05) is 65.3 Å². The number of ether oxygens (including phenoxy) is 4. The molecule has 0 aliphatic carbocycles. The highest BCUT2D eigenvalue weighted by molar-refractivity contribution is 7.13. The third-order valence-electron chi connectivity index (χ3n) is 16.8. The lowest BCUT2D eigenvalue weighted by atomic mass is 9.91. The number of aromatic nitrogens is 5. The molecule has 2 amide bonds. The predicted molar refractivity (Wildman–Crippen MR) is 318 cm³/mol. The number of aliphatic hydroxyl groups is 1. The number of rotatable bonds is 19. The van der Waals surface area contributed by atoms with Crippen LogP contribution in [0.2, 0.25) is 0 Å². The van der Waals surface area contributed by atoms with Crippen molar-refractivity contribution in [2.24, 2.45) is 5.92 Å². The molecule has 7 aromatic rings. The zero-order chi connectivity index (χ0) is 57.9. The number of carbonyl (C=O) groups excluding carboxylic acids is 2. The maximum Gasteiger partial charge on any atom is 0.319 e. The summed E-state index contributed by atoms with van der Waals surface area (Å²) in [5.74, 6) is 1.42. The molecule has 4 saturated heterocycles. The third-order valence-corrected chi connectivity index (χ3v) is 17.8. The summed E-state index contributed by atoms with van der Waals surface area (Å²) < 4.78 is 47.3. The van der Waals surface area contributed by atoms with Crippen LogP contribution in [0.15, 0.2) is 76.9 Å². The molecule has 4 aliphatic rings. The maximum atomic E-state index is 17.4. The number of amides is 2. The normalized spacial score (nSPS) is 19.7. The lowest BCUT2D eigenvalue weighted by Crippen LogP contribution is -2.48. The zero-order valence-electron chi connectivity index (χ0n) is 48.8. The van der Waals surface area contributed by atoms with Crippen LogP contribution in [0.25, 0.3) is 43.4 Å². The minimum atomic E-state index is -0.517. The van der Waals surface area contributed by atoms with Crippen molar-refractivity contribution in [3.05, 3.63) is 101 Å². The van der Waals surface area contributed by atoms with E-state index in [1.165, 1.54) is 10.4 Å². The largest absolute Gasteiger partial charge is 0.474 e. The standard InChI is InChI=1S/C49H62FN7O6.C13H14N2OS.CH4O/c1-6-33-15-11-16-34-24-36(62-30-59-5)25-37(42(33)34)44-43(50)45-38(27-51-44)46(55-20-9-7-8-10-21-55)53-48(52-45)61-29-49-18-13-23-57(49)35(17-19-49)28-60-40-26-39(63-54-40)41(31(2)3)47(58)56-22-12-14-32(56)4;1-9(14-7-16)11-3-5-12(6-4-11)13-10(2)15-8-17-13;1-2/h11,15-16,24-27,31-32,35,41H,6-10,12-14,17-23,28-30H2,1-5H3;3-9H,1-2H3,(H,14,16);2H,1H3. The number of likely N-dealkylation sites (tertiary alicyclic amines) is 1. The molecule has 17 nitrogen and oxygen atoms in total. The maximum absolute atomic E-state index is 17.4. The molecular weight excluding hydrogens is 1060 g/mol. The molecule has 5 unspecified atom stereocenters. The molecule has 4 aliphatic heterocycles. The topological polar surface area (TPSA) is 191 Å². The Morgan fingerprint density at radius 3 is 2.43 bits per heavy atom. The van der Waals surface area contributed by atoms with Crippen LogP contribution in [-0.4, -0.2) is 130 Å². The smallest absolute Gasteiger partial charge is 0.319 e. The molecule has 0 radical (unpaired) electrons. The van der Waals surface area contributed by atoms with Crippen molar-refractivity contribution in [1.82, 2.24) is 40.2 Å². The van der Waals surface area contributed by atoms with Gasteiger partial charge in [-0.3, -0.25) is 19.5 Å². The average molecular weight is 1140 g/mol. The highest BCUT2D eigenvalue weighted by atomic mass is 32.1. The van der Waals surface area contributed by atoms with E-state index in [1.54, 1.807) is 30.7 Å². The second-order valence-electron chi connectivity index (χ2n) is 22.3. The number of nitrogens with zero attached hydrogens (tertiary/aromatic N) is 8. The van der Waals surface area contributed by atoms with Crippen molar-refractivity contribution < 1.29 is 42.6 Å². The molecule has 4 fully saturated rings. The van der Waals surface area contributed by atoms with Crippen molar-refractivity contribution in [2.45, 2.75) is 142 Å². The van der Waals surface area contributed by atoms with E-state index in [9.17, 15) is 9.59 Å². The van der Waals surface area contributed by atoms with Gasteiger partial charge >= 0.3 is 6.01 Å². The van der Waals surface area contributed by atoms with E-state index in [4.69, 9.17) is 43.5 Å². The number of aliphatic hydroxyl groups excluding tert-OH is 1. The molecule has 0 bridgehead atoms. The van der Waals surface area contributed by atoms with Gasteiger partial charge in [0.15, 0.2) is 18.4 Å². The molecule has 438 valence electrons. The van der Waals surface area contributed by atoms with Gasteiger partial charge in [-0.1, -0.05) is 76.1 Å². The summed E-state index contributed by atoms with van der Waals surface area (Å²) in [6.07, 6.45) is 13.5. The number of hydrogen-bond donors (Lipinski definition) is 2. The second kappa shape index (κ2) is 27.5. The van der Waals surface area contributed by atoms with Crippen LogP contribution in [0, 0.1) is 18.7 Å². The fourth-order valence-corrected chi connectivity index (χ4v) is 13.3. The van der Waals surface area contributed by atoms with E-state index in [0.29, 0.717) is 47.4 Å². The van der Waals surface area contributed by atoms with Crippen LogP contribution >= 0.6 is 11.3 Å². The molecule has 3 aromatic carbocycles. The number of nitrogens with one attached hydrogen (secondary N) is 1. The number of fused-ring (bicyclic) bond motifs is 3. The molecular formula is C63H80FN9O8S. The number of anilines is 1. The zero-order valence-corrected chi connectivity index (χ0v) is 49.6. The fraction of sp³-hybridized carbons (Fsp3) is 0.508. The SMILES string of the molecule is CCc1cccc2cc(OCOC)cc(-c3ncc4c(N5CCCCCC5)nc(OCC56CCCN5C(COc5cc(C(C(=O)N7CCCC7C)C(C)C)on5)CC6)nc4c3F)c12.CO.Cc1ncsc1-c1ccc(C(C)NC=O)cc1. The Morgan fingerprint density at radius 1 is 0.939 bits per heavy atom. The van der Waals surface area contributed by atoms with Gasteiger partial charge in [0.2, 0.25) is 12.3 Å². The van der Waals surface area contributed by atoms with Gasteiger partial charge < -0.3 is 43.7 Å². The molecule has 19 heteroatoms. The number of carbonyl (C=O) groups is 2. The average Bonchev–Trinajstić information content (AvgIpc) is 4.49. The third kappa shape index (κ3) is 13.0. The highest BCUT2D eigenvalue weighted by Gasteiger charge is 2.50. The number of halogens is 1. The van der Waals surface area contributed by atoms with Crippen LogP contribution in [0.5, 0.6) is 17.6 Å². The van der Waals surface area contributed by atoms with Crippen LogP contribution in [0.4, 0.5) is 10.2 Å². The second-order valence-corrected chi connectivity index (χ2v) is 23.2. The van der Waals surface area contributed by atoms with Crippen LogP contribution in [-0.2, 0) is 20.7 Å². The molecule has 0 spiro atoms. The van der Waals surface area contributed by atoms with Crippen LogP contribution in [0.1, 0.15) is 133 Å². The summed E-state index contributed by atoms with van der Waals surface area (Å²) in [6.45, 7) is 16.5. The highest BCUT2D eigenvalue weighted by Crippen LogP contribution is 2.44. The van der Waals surface area contributed by atoms with Crippen molar-refractivity contribution >= 4 is 51.1 Å². The van der Waals surface area contributed by atoms with Gasteiger partial charge in [-0.25, -0.2) is 9.37 Å². The lowest BCUT2D eigenvalue weighted by molar-refractivity contribution is -0.135. The number of pyridine rings is 1. The van der Waals surface area contributed by atoms with Crippen LogP contribution in [0.3, 0.4) is 0 Å². The number of benzene rings is 3. The Bertz CT molecular complexity index is 3260. The summed E-state index contributed by atoms with van der Waals surface area (Å²) in [5.41, 5.74) is 7.08. The Labute approximate surface area is 484 Å². The Balaban J connectivity index is 0.000000362. The molecule has 8 heterocycles. The van der Waals surface area contributed by atoms with E-state index in [0.717, 1.165) is 138 Å². The monoisotopic (exact) mass is 1140 g/mol. The minimum absolute atomic E-state index is 0.0455. The van der Waals surface area contributed by atoms with Gasteiger partial charge in [-0.2, -0.15) is 9.97 Å². The van der Waals surface area contributed by atoms with Gasteiger partial charge in [0.05, 0.1) is 33.0 Å². The predicted octanol–water partition coefficient (Wildman–Crippen LogP) is 11.6. The fourth-order valence-electron chi connectivity index (χ4n) is 12.5. The molecule has 82 heavy (non-hydrogen) atoms. The summed E-state index contributed by atoms with van der Waals surface area (Å²) in [7, 11) is 2.58. The summed E-state index contributed by atoms with van der Waals surface area (Å²) in [5, 5.41) is 16.4.